The molecule has 4 rings (SSSR count). The van der Waals surface area contributed by atoms with Crippen molar-refractivity contribution in [2.75, 3.05) is 13.2 Å². The Morgan fingerprint density at radius 3 is 2.87 bits per heavy atom. The molecular formula is C21H21FN6O3. The van der Waals surface area contributed by atoms with Gasteiger partial charge in [-0.05, 0) is 38.5 Å². The van der Waals surface area contributed by atoms with Crippen LogP contribution in [0.15, 0.2) is 40.9 Å². The lowest BCUT2D eigenvalue weighted by molar-refractivity contribution is -0.121. The van der Waals surface area contributed by atoms with Gasteiger partial charge in [0.15, 0.2) is 11.5 Å². The summed E-state index contributed by atoms with van der Waals surface area (Å²) in [6.07, 6.45) is 0.910. The number of nitrogens with one attached hydrogen (secondary N) is 1. The largest absolute Gasteiger partial charge is 0.475 e. The third kappa shape index (κ3) is 4.68. The Morgan fingerprint density at radius 2 is 2.10 bits per heavy atom. The number of hydrogen-bond donors (Lipinski definition) is 1. The quantitative estimate of drug-likeness (QED) is 0.433. The molecule has 4 aromatic rings. The molecule has 3 heterocycles. The Labute approximate surface area is 177 Å². The predicted molar refractivity (Wildman–Crippen MR) is 109 cm³/mol. The summed E-state index contributed by atoms with van der Waals surface area (Å²) in [5, 5.41) is 19.2. The van der Waals surface area contributed by atoms with Gasteiger partial charge in [-0.2, -0.15) is 4.52 Å². The van der Waals surface area contributed by atoms with Crippen LogP contribution in [-0.2, 0) is 11.2 Å². The van der Waals surface area contributed by atoms with Crippen molar-refractivity contribution in [2.45, 2.75) is 26.7 Å². The second-order valence-electron chi connectivity index (χ2n) is 6.98. The highest BCUT2D eigenvalue weighted by Crippen LogP contribution is 2.19. The number of aryl methyl sites for hydroxylation is 2. The van der Waals surface area contributed by atoms with Crippen LogP contribution in [0.25, 0.3) is 17.0 Å². The van der Waals surface area contributed by atoms with Crippen LogP contribution < -0.4 is 10.1 Å². The molecule has 1 aromatic carbocycles. The van der Waals surface area contributed by atoms with Gasteiger partial charge in [0.05, 0.1) is 12.2 Å². The van der Waals surface area contributed by atoms with E-state index in [9.17, 15) is 9.18 Å². The van der Waals surface area contributed by atoms with Crippen molar-refractivity contribution in [3.63, 3.8) is 0 Å². The average Bonchev–Trinajstić information content (AvgIpc) is 3.32. The van der Waals surface area contributed by atoms with Gasteiger partial charge < -0.3 is 14.6 Å². The first-order valence-corrected chi connectivity index (χ1v) is 9.81. The highest BCUT2D eigenvalue weighted by atomic mass is 19.1. The molecule has 0 radical (unpaired) electrons. The highest BCUT2D eigenvalue weighted by molar-refractivity contribution is 5.76. The van der Waals surface area contributed by atoms with E-state index in [4.69, 9.17) is 9.26 Å². The first-order valence-electron chi connectivity index (χ1n) is 9.81. The minimum absolute atomic E-state index is 0.0841. The van der Waals surface area contributed by atoms with Crippen LogP contribution in [0.5, 0.6) is 5.88 Å². The molecule has 0 aliphatic rings. The summed E-state index contributed by atoms with van der Waals surface area (Å²) < 4.78 is 25.8. The topological polar surface area (TPSA) is 107 Å². The Balaban J connectivity index is 1.31. The number of carbonyl (C=O) groups excluding carboxylic acids is 1. The Morgan fingerprint density at radius 1 is 1.23 bits per heavy atom. The monoisotopic (exact) mass is 424 g/mol. The molecule has 0 atom stereocenters. The van der Waals surface area contributed by atoms with Gasteiger partial charge in [-0.1, -0.05) is 17.3 Å². The van der Waals surface area contributed by atoms with E-state index in [1.165, 1.54) is 16.6 Å². The van der Waals surface area contributed by atoms with Crippen LogP contribution in [0.1, 0.15) is 23.4 Å². The summed E-state index contributed by atoms with van der Waals surface area (Å²) in [7, 11) is 0. The fourth-order valence-electron chi connectivity index (χ4n) is 3.19. The normalized spacial score (nSPS) is 11.1. The third-order valence-electron chi connectivity index (χ3n) is 4.78. The second-order valence-corrected chi connectivity index (χ2v) is 6.98. The zero-order valence-corrected chi connectivity index (χ0v) is 17.1. The standard InChI is InChI=1S/C21H21FN6O3/c1-13-17(14(2)31-27-13)6-8-19(29)23-10-11-30-20-9-7-18-24-25-21(28(18)26-20)15-4-3-5-16(22)12-15/h3-5,7,9,12H,6,8,10-11H2,1-2H3,(H,23,29). The first-order chi connectivity index (χ1) is 15.0. The fourth-order valence-corrected chi connectivity index (χ4v) is 3.19. The second kappa shape index (κ2) is 8.90. The SMILES string of the molecule is Cc1noc(C)c1CCC(=O)NCCOc1ccc2nnc(-c3cccc(F)c3)n2n1. The van der Waals surface area contributed by atoms with Crippen molar-refractivity contribution in [3.8, 4) is 17.3 Å². The van der Waals surface area contributed by atoms with Gasteiger partial charge in [0, 0.05) is 23.6 Å². The predicted octanol–water partition coefficient (Wildman–Crippen LogP) is 2.66. The molecule has 160 valence electrons. The molecule has 0 aliphatic heterocycles. The zero-order chi connectivity index (χ0) is 21.8. The van der Waals surface area contributed by atoms with Crippen molar-refractivity contribution >= 4 is 11.6 Å². The van der Waals surface area contributed by atoms with Crippen LogP contribution in [0.3, 0.4) is 0 Å². The maximum Gasteiger partial charge on any atom is 0.231 e. The zero-order valence-electron chi connectivity index (χ0n) is 17.1. The Kier molecular flexibility index (Phi) is 5.87. The lowest BCUT2D eigenvalue weighted by Gasteiger charge is -2.08. The van der Waals surface area contributed by atoms with Gasteiger partial charge in [-0.25, -0.2) is 4.39 Å². The molecule has 10 heteroatoms. The van der Waals surface area contributed by atoms with Gasteiger partial charge in [-0.15, -0.1) is 15.3 Å². The number of rotatable bonds is 8. The number of nitrogens with zero attached hydrogens (tertiary/aromatic N) is 5. The van der Waals surface area contributed by atoms with E-state index in [1.807, 2.05) is 13.8 Å². The highest BCUT2D eigenvalue weighted by Gasteiger charge is 2.12. The van der Waals surface area contributed by atoms with Gasteiger partial charge >= 0.3 is 0 Å². The van der Waals surface area contributed by atoms with Crippen LogP contribution in [-0.4, -0.2) is 44.0 Å². The van der Waals surface area contributed by atoms with E-state index >= 15 is 0 Å². The summed E-state index contributed by atoms with van der Waals surface area (Å²) in [6, 6.07) is 9.42. The maximum absolute atomic E-state index is 13.5. The molecule has 0 unspecified atom stereocenters. The molecule has 31 heavy (non-hydrogen) atoms. The Bertz CT molecular complexity index is 1200. The van der Waals surface area contributed by atoms with E-state index in [0.717, 1.165) is 17.0 Å². The molecule has 0 spiro atoms. The summed E-state index contributed by atoms with van der Waals surface area (Å²) in [6.45, 7) is 4.27. The van der Waals surface area contributed by atoms with Crippen molar-refractivity contribution in [1.29, 1.82) is 0 Å². The molecule has 0 saturated carbocycles. The molecule has 0 bridgehead atoms. The molecular weight excluding hydrogens is 403 g/mol. The number of hydrogen-bond acceptors (Lipinski definition) is 7. The third-order valence-corrected chi connectivity index (χ3v) is 4.78. The van der Waals surface area contributed by atoms with Gasteiger partial charge in [-0.3, -0.25) is 4.79 Å². The number of fused-ring (bicyclic) bond motifs is 1. The lowest BCUT2D eigenvalue weighted by atomic mass is 10.1. The van der Waals surface area contributed by atoms with E-state index < -0.39 is 0 Å². The number of ether oxygens (including phenoxy) is 1. The van der Waals surface area contributed by atoms with Crippen molar-refractivity contribution in [3.05, 3.63) is 59.2 Å². The first kappa shape index (κ1) is 20.5. The van der Waals surface area contributed by atoms with Gasteiger partial charge in [0.2, 0.25) is 11.8 Å². The molecule has 0 saturated heterocycles. The summed E-state index contributed by atoms with van der Waals surface area (Å²) in [5.41, 5.74) is 2.84. The van der Waals surface area contributed by atoms with E-state index in [2.05, 4.69) is 25.8 Å². The molecule has 9 nitrogen and oxygen atoms in total. The van der Waals surface area contributed by atoms with Gasteiger partial charge in [0.1, 0.15) is 18.2 Å². The lowest BCUT2D eigenvalue weighted by Crippen LogP contribution is -2.28. The summed E-state index contributed by atoms with van der Waals surface area (Å²) in [5.74, 6) is 1.04. The number of benzene rings is 1. The van der Waals surface area contributed by atoms with Crippen LogP contribution in [0.2, 0.25) is 0 Å². The van der Waals surface area contributed by atoms with Crippen LogP contribution in [0.4, 0.5) is 4.39 Å². The molecule has 1 N–H and O–H groups in total. The average molecular weight is 424 g/mol. The maximum atomic E-state index is 13.5. The molecule has 0 fully saturated rings. The number of amides is 1. The van der Waals surface area contributed by atoms with Crippen LogP contribution >= 0.6 is 0 Å². The van der Waals surface area contributed by atoms with Crippen molar-refractivity contribution in [2.24, 2.45) is 0 Å². The summed E-state index contributed by atoms with van der Waals surface area (Å²) >= 11 is 0. The number of aromatic nitrogens is 5. The van der Waals surface area contributed by atoms with Crippen molar-refractivity contribution < 1.29 is 18.4 Å². The van der Waals surface area contributed by atoms with E-state index in [0.29, 0.717) is 42.3 Å². The fraction of sp³-hybridized carbons (Fsp3) is 0.286. The molecule has 3 aromatic heterocycles. The number of carbonyl (C=O) groups is 1. The number of halogens is 1. The van der Waals surface area contributed by atoms with E-state index in [1.54, 1.807) is 24.3 Å². The smallest absolute Gasteiger partial charge is 0.231 e. The summed E-state index contributed by atoms with van der Waals surface area (Å²) in [4.78, 5) is 12.1. The van der Waals surface area contributed by atoms with Crippen molar-refractivity contribution in [1.82, 2.24) is 30.3 Å². The minimum atomic E-state index is -0.369. The Hall–Kier alpha value is -3.82. The minimum Gasteiger partial charge on any atom is -0.475 e. The molecule has 1 amide bonds. The van der Waals surface area contributed by atoms with E-state index in [-0.39, 0.29) is 18.3 Å². The molecule has 0 aliphatic carbocycles. The van der Waals surface area contributed by atoms with Gasteiger partial charge in [0.25, 0.3) is 0 Å². The van der Waals surface area contributed by atoms with Crippen LogP contribution in [0, 0.1) is 19.7 Å².